The number of imide groups is 1. The highest BCUT2D eigenvalue weighted by atomic mass is 35.5. The van der Waals surface area contributed by atoms with Gasteiger partial charge in [-0.15, -0.1) is 0 Å². The maximum atomic E-state index is 13.4. The fourth-order valence-electron chi connectivity index (χ4n) is 5.73. The molecule has 3 fully saturated rings. The van der Waals surface area contributed by atoms with Gasteiger partial charge in [0, 0.05) is 5.02 Å². The maximum absolute atomic E-state index is 13.4. The van der Waals surface area contributed by atoms with Crippen molar-refractivity contribution in [1.82, 2.24) is 0 Å². The SMILES string of the molecule is O=C(Oc1ccccc1N1C(=O)[C@@H]2[C@H]3C=C[C@@H]([C@@H]4C[C@H]34)[C@@H]2C1=O)c1ccc(Cl)cc1Cl. The average Bonchev–Trinajstić information content (AvgIpc) is 3.52. The van der Waals surface area contributed by atoms with Crippen molar-refractivity contribution in [1.29, 1.82) is 0 Å². The molecule has 2 aromatic carbocycles. The van der Waals surface area contributed by atoms with Crippen LogP contribution in [0, 0.1) is 35.5 Å². The number of amides is 2. The summed E-state index contributed by atoms with van der Waals surface area (Å²) >= 11 is 12.0. The summed E-state index contributed by atoms with van der Waals surface area (Å²) in [5, 5.41) is 0.565. The zero-order chi connectivity index (χ0) is 21.4. The molecule has 6 atom stereocenters. The van der Waals surface area contributed by atoms with Crippen molar-refractivity contribution < 1.29 is 19.1 Å². The Morgan fingerprint density at radius 2 is 1.58 bits per heavy atom. The second kappa shape index (κ2) is 6.68. The van der Waals surface area contributed by atoms with Crippen LogP contribution in [0.5, 0.6) is 5.75 Å². The molecular formula is C24H17Cl2NO4. The summed E-state index contributed by atoms with van der Waals surface area (Å²) in [5.74, 6) is -0.283. The lowest BCUT2D eigenvalue weighted by molar-refractivity contribution is -0.124. The largest absolute Gasteiger partial charge is 0.421 e. The number of rotatable bonds is 3. The molecular weight excluding hydrogens is 437 g/mol. The van der Waals surface area contributed by atoms with Gasteiger partial charge in [-0.3, -0.25) is 9.59 Å². The minimum atomic E-state index is -0.686. The molecule has 7 rings (SSSR count). The Morgan fingerprint density at radius 1 is 0.935 bits per heavy atom. The fraction of sp³-hybridized carbons (Fsp3) is 0.292. The number of para-hydroxylation sites is 2. The van der Waals surface area contributed by atoms with Crippen molar-refractivity contribution in [2.45, 2.75) is 6.42 Å². The zero-order valence-corrected chi connectivity index (χ0v) is 17.7. The molecule has 0 radical (unpaired) electrons. The van der Waals surface area contributed by atoms with E-state index in [1.54, 1.807) is 30.3 Å². The van der Waals surface area contributed by atoms with Crippen LogP contribution in [0.15, 0.2) is 54.6 Å². The minimum Gasteiger partial charge on any atom is -0.421 e. The summed E-state index contributed by atoms with van der Waals surface area (Å²) in [6, 6.07) is 11.1. The van der Waals surface area contributed by atoms with E-state index in [0.717, 1.165) is 6.42 Å². The highest BCUT2D eigenvalue weighted by Gasteiger charge is 2.67. The number of anilines is 1. The van der Waals surface area contributed by atoms with Crippen molar-refractivity contribution in [3.63, 3.8) is 0 Å². The van der Waals surface area contributed by atoms with E-state index in [-0.39, 0.29) is 51.8 Å². The van der Waals surface area contributed by atoms with Crippen molar-refractivity contribution in [3.05, 3.63) is 70.2 Å². The Kier molecular flexibility index (Phi) is 4.11. The number of esters is 1. The van der Waals surface area contributed by atoms with Gasteiger partial charge >= 0.3 is 5.97 Å². The van der Waals surface area contributed by atoms with Crippen LogP contribution in [-0.4, -0.2) is 17.8 Å². The molecule has 5 aliphatic rings. The highest BCUT2D eigenvalue weighted by molar-refractivity contribution is 6.36. The van der Waals surface area contributed by atoms with Crippen LogP contribution in [0.1, 0.15) is 16.8 Å². The summed E-state index contributed by atoms with van der Waals surface area (Å²) in [6.07, 6.45) is 5.36. The Morgan fingerprint density at radius 3 is 2.23 bits per heavy atom. The van der Waals surface area contributed by atoms with E-state index in [9.17, 15) is 14.4 Å². The fourth-order valence-corrected chi connectivity index (χ4v) is 6.22. The number of carbonyl (C=O) groups excluding carboxylic acids is 3. The molecule has 2 amide bonds. The van der Waals surface area contributed by atoms with Gasteiger partial charge in [-0.05, 0) is 60.4 Å². The molecule has 1 aliphatic heterocycles. The standard InChI is InChI=1S/C24H17Cl2NO4/c25-11-5-6-14(17(26)9-11)24(30)31-19-4-2-1-3-18(19)27-22(28)20-12-7-8-13(16-10-15(12)16)21(20)23(27)29/h1-9,12-13,15-16,20-21H,10H2/t12-,13-,15-,16+,20-,21+/m0/s1. The predicted molar refractivity (Wildman–Crippen MR) is 115 cm³/mol. The lowest BCUT2D eigenvalue weighted by Gasteiger charge is -2.37. The van der Waals surface area contributed by atoms with Crippen LogP contribution in [-0.2, 0) is 9.59 Å². The number of nitrogens with zero attached hydrogens (tertiary/aromatic N) is 1. The molecule has 4 aliphatic carbocycles. The van der Waals surface area contributed by atoms with Crippen molar-refractivity contribution >= 4 is 46.7 Å². The topological polar surface area (TPSA) is 63.7 Å². The number of carbonyl (C=O) groups is 3. The van der Waals surface area contributed by atoms with E-state index in [1.165, 1.54) is 17.0 Å². The highest BCUT2D eigenvalue weighted by Crippen LogP contribution is 2.65. The zero-order valence-electron chi connectivity index (χ0n) is 16.2. The van der Waals surface area contributed by atoms with Crippen LogP contribution < -0.4 is 9.64 Å². The molecule has 0 aromatic heterocycles. The quantitative estimate of drug-likeness (QED) is 0.290. The third kappa shape index (κ3) is 2.73. The molecule has 31 heavy (non-hydrogen) atoms. The third-order valence-electron chi connectivity index (χ3n) is 7.12. The number of hydrogen-bond donors (Lipinski definition) is 0. The van der Waals surface area contributed by atoms with Crippen LogP contribution in [0.4, 0.5) is 5.69 Å². The Balaban J connectivity index is 1.33. The first-order chi connectivity index (χ1) is 15.0. The van der Waals surface area contributed by atoms with Gasteiger partial charge in [0.05, 0.1) is 28.1 Å². The number of allylic oxidation sites excluding steroid dienone is 2. The van der Waals surface area contributed by atoms with E-state index in [2.05, 4.69) is 12.2 Å². The van der Waals surface area contributed by atoms with Crippen LogP contribution in [0.2, 0.25) is 10.0 Å². The summed E-state index contributed by atoms with van der Waals surface area (Å²) in [7, 11) is 0. The molecule has 0 spiro atoms. The second-order valence-corrected chi connectivity index (χ2v) is 9.49. The van der Waals surface area contributed by atoms with Crippen molar-refractivity contribution in [3.8, 4) is 5.75 Å². The molecule has 156 valence electrons. The molecule has 7 heteroatoms. The van der Waals surface area contributed by atoms with E-state index in [0.29, 0.717) is 22.5 Å². The summed E-state index contributed by atoms with van der Waals surface area (Å²) < 4.78 is 5.59. The number of halogens is 2. The Labute approximate surface area is 188 Å². The van der Waals surface area contributed by atoms with E-state index >= 15 is 0 Å². The molecule has 0 N–H and O–H groups in total. The number of ether oxygens (including phenoxy) is 1. The Bertz CT molecular complexity index is 1160. The molecule has 1 saturated heterocycles. The first-order valence-corrected chi connectivity index (χ1v) is 11.0. The maximum Gasteiger partial charge on any atom is 0.345 e. The minimum absolute atomic E-state index is 0.129. The van der Waals surface area contributed by atoms with E-state index < -0.39 is 5.97 Å². The van der Waals surface area contributed by atoms with Crippen LogP contribution >= 0.6 is 23.2 Å². The van der Waals surface area contributed by atoms with Gasteiger partial charge in [-0.2, -0.15) is 0 Å². The molecule has 2 aromatic rings. The smallest absolute Gasteiger partial charge is 0.345 e. The van der Waals surface area contributed by atoms with Gasteiger partial charge in [-0.25, -0.2) is 9.69 Å². The first kappa shape index (κ1) is 19.1. The van der Waals surface area contributed by atoms with Gasteiger partial charge in [0.1, 0.15) is 0 Å². The summed E-state index contributed by atoms with van der Waals surface area (Å²) in [6.45, 7) is 0. The van der Waals surface area contributed by atoms with E-state index in [4.69, 9.17) is 27.9 Å². The predicted octanol–water partition coefficient (Wildman–Crippen LogP) is 4.77. The number of hydrogen-bond acceptors (Lipinski definition) is 4. The molecule has 5 nitrogen and oxygen atoms in total. The lowest BCUT2D eigenvalue weighted by Crippen LogP contribution is -2.40. The van der Waals surface area contributed by atoms with Gasteiger partial charge in [0.25, 0.3) is 0 Å². The monoisotopic (exact) mass is 453 g/mol. The van der Waals surface area contributed by atoms with Crippen LogP contribution in [0.25, 0.3) is 0 Å². The van der Waals surface area contributed by atoms with Crippen LogP contribution in [0.3, 0.4) is 0 Å². The molecule has 2 saturated carbocycles. The third-order valence-corrected chi connectivity index (χ3v) is 7.67. The normalized spacial score (nSPS) is 32.1. The summed E-state index contributed by atoms with van der Waals surface area (Å²) in [5.41, 5.74) is 0.439. The first-order valence-electron chi connectivity index (χ1n) is 10.3. The van der Waals surface area contributed by atoms with Crippen molar-refractivity contribution in [2.75, 3.05) is 4.90 Å². The lowest BCUT2D eigenvalue weighted by atomic mass is 9.63. The Hall–Kier alpha value is -2.63. The molecule has 2 bridgehead atoms. The van der Waals surface area contributed by atoms with E-state index in [1.807, 2.05) is 0 Å². The van der Waals surface area contributed by atoms with Gasteiger partial charge in [0.2, 0.25) is 11.8 Å². The second-order valence-electron chi connectivity index (χ2n) is 8.65. The number of benzene rings is 2. The van der Waals surface area contributed by atoms with Gasteiger partial charge < -0.3 is 4.74 Å². The summed E-state index contributed by atoms with van der Waals surface area (Å²) in [4.78, 5) is 40.8. The van der Waals surface area contributed by atoms with Gasteiger partial charge in [-0.1, -0.05) is 47.5 Å². The molecule has 0 unspecified atom stereocenters. The van der Waals surface area contributed by atoms with Gasteiger partial charge in [0.15, 0.2) is 5.75 Å². The molecule has 1 heterocycles. The van der Waals surface area contributed by atoms with Crippen molar-refractivity contribution in [2.24, 2.45) is 35.5 Å². The average molecular weight is 454 g/mol.